The molecule has 0 bridgehead atoms. The van der Waals surface area contributed by atoms with Gasteiger partial charge in [-0.1, -0.05) is 60.7 Å². The van der Waals surface area contributed by atoms with Crippen molar-refractivity contribution >= 4 is 5.97 Å². The second-order valence-electron chi connectivity index (χ2n) is 5.20. The first-order chi connectivity index (χ1) is 10.7. The molecule has 4 nitrogen and oxygen atoms in total. The van der Waals surface area contributed by atoms with Crippen LogP contribution < -0.4 is 5.32 Å². The van der Waals surface area contributed by atoms with E-state index in [1.54, 1.807) is 60.7 Å². The minimum absolute atomic E-state index is 0.346. The lowest BCUT2D eigenvalue weighted by Gasteiger charge is -2.24. The highest BCUT2D eigenvalue weighted by molar-refractivity contribution is 5.83. The van der Waals surface area contributed by atoms with Gasteiger partial charge in [-0.25, -0.2) is 4.79 Å². The maximum atomic E-state index is 11.4. The van der Waals surface area contributed by atoms with E-state index in [0.717, 1.165) is 0 Å². The van der Waals surface area contributed by atoms with Crippen LogP contribution in [0.3, 0.4) is 0 Å². The van der Waals surface area contributed by atoms with Crippen molar-refractivity contribution in [1.82, 2.24) is 5.32 Å². The second kappa shape index (κ2) is 7.73. The molecule has 0 aliphatic carbocycles. The summed E-state index contributed by atoms with van der Waals surface area (Å²) in [6, 6.07) is 16.7. The summed E-state index contributed by atoms with van der Waals surface area (Å²) in [5.41, 5.74) is -1.31. The summed E-state index contributed by atoms with van der Waals surface area (Å²) < 4.78 is 0. The van der Waals surface area contributed by atoms with Gasteiger partial charge in [0.2, 0.25) is 5.60 Å². The summed E-state index contributed by atoms with van der Waals surface area (Å²) in [5, 5.41) is 22.9. The third-order valence-electron chi connectivity index (χ3n) is 3.65. The maximum Gasteiger partial charge on any atom is 0.345 e. The fourth-order valence-corrected chi connectivity index (χ4v) is 2.40. The largest absolute Gasteiger partial charge is 0.479 e. The van der Waals surface area contributed by atoms with Gasteiger partial charge in [-0.2, -0.15) is 0 Å². The Labute approximate surface area is 130 Å². The first-order valence-electron chi connectivity index (χ1n) is 7.43. The van der Waals surface area contributed by atoms with Gasteiger partial charge in [0.05, 0.1) is 0 Å². The van der Waals surface area contributed by atoms with E-state index in [4.69, 9.17) is 0 Å². The van der Waals surface area contributed by atoms with E-state index in [2.05, 4.69) is 5.32 Å². The number of carboxylic acids is 1. The lowest BCUT2D eigenvalue weighted by molar-refractivity contribution is -0.155. The maximum absolute atomic E-state index is 11.4. The van der Waals surface area contributed by atoms with E-state index in [1.807, 2.05) is 0 Å². The molecular formula is C18H21NO3. The Morgan fingerprint density at radius 3 is 1.55 bits per heavy atom. The molecule has 3 N–H and O–H groups in total. The van der Waals surface area contributed by atoms with E-state index in [-0.39, 0.29) is 0 Å². The number of nitrogens with one attached hydrogen (secondary N) is 1. The van der Waals surface area contributed by atoms with Gasteiger partial charge in [0.25, 0.3) is 0 Å². The number of hydrogen-bond acceptors (Lipinski definition) is 3. The molecule has 116 valence electrons. The lowest BCUT2D eigenvalue weighted by Crippen LogP contribution is -2.36. The third-order valence-corrected chi connectivity index (χ3v) is 3.65. The van der Waals surface area contributed by atoms with Crippen LogP contribution in [0.2, 0.25) is 0 Å². The quantitative estimate of drug-likeness (QED) is 0.814. The first kappa shape index (κ1) is 16.2. The van der Waals surface area contributed by atoms with E-state index in [0.29, 0.717) is 11.1 Å². The van der Waals surface area contributed by atoms with Gasteiger partial charge in [-0.05, 0) is 37.1 Å². The highest BCUT2D eigenvalue weighted by Crippen LogP contribution is 2.29. The van der Waals surface area contributed by atoms with Crippen molar-refractivity contribution in [1.29, 1.82) is 0 Å². The molecule has 1 aliphatic rings. The van der Waals surface area contributed by atoms with Gasteiger partial charge in [-0.15, -0.1) is 0 Å². The Kier molecular flexibility index (Phi) is 5.69. The fourth-order valence-electron chi connectivity index (χ4n) is 2.40. The van der Waals surface area contributed by atoms with Crippen molar-refractivity contribution in [2.45, 2.75) is 18.4 Å². The van der Waals surface area contributed by atoms with E-state index < -0.39 is 11.6 Å². The highest BCUT2D eigenvalue weighted by Gasteiger charge is 2.39. The van der Waals surface area contributed by atoms with Crippen molar-refractivity contribution in [3.63, 3.8) is 0 Å². The van der Waals surface area contributed by atoms with Crippen molar-refractivity contribution in [3.05, 3.63) is 71.8 Å². The van der Waals surface area contributed by atoms with Crippen LogP contribution in [0.25, 0.3) is 0 Å². The molecule has 2 aromatic carbocycles. The molecule has 0 amide bonds. The molecule has 3 rings (SSSR count). The SMILES string of the molecule is C1CCNC1.O=C(O)C(O)(c1ccccc1)c1ccccc1. The number of aliphatic carboxylic acids is 1. The van der Waals surface area contributed by atoms with Gasteiger partial charge in [0, 0.05) is 0 Å². The average molecular weight is 299 g/mol. The van der Waals surface area contributed by atoms with Crippen LogP contribution in [-0.2, 0) is 10.4 Å². The summed E-state index contributed by atoms with van der Waals surface area (Å²) in [4.78, 5) is 11.4. The number of aliphatic hydroxyl groups is 1. The van der Waals surface area contributed by atoms with Crippen LogP contribution in [0.1, 0.15) is 24.0 Å². The summed E-state index contributed by atoms with van der Waals surface area (Å²) in [6.07, 6.45) is 2.78. The predicted octanol–water partition coefficient (Wildman–Crippen LogP) is 2.38. The van der Waals surface area contributed by atoms with E-state index >= 15 is 0 Å². The molecule has 0 spiro atoms. The normalized spacial score (nSPS) is 14.0. The van der Waals surface area contributed by atoms with Crippen LogP contribution in [0.15, 0.2) is 60.7 Å². The molecule has 0 atom stereocenters. The van der Waals surface area contributed by atoms with Crippen molar-refractivity contribution < 1.29 is 15.0 Å². The number of benzene rings is 2. The van der Waals surface area contributed by atoms with Crippen molar-refractivity contribution in [2.24, 2.45) is 0 Å². The van der Waals surface area contributed by atoms with Gasteiger partial charge < -0.3 is 15.5 Å². The molecule has 4 heteroatoms. The molecule has 1 fully saturated rings. The van der Waals surface area contributed by atoms with Crippen molar-refractivity contribution in [2.75, 3.05) is 13.1 Å². The molecular weight excluding hydrogens is 278 g/mol. The average Bonchev–Trinajstić information content (AvgIpc) is 3.15. The predicted molar refractivity (Wildman–Crippen MR) is 85.6 cm³/mol. The number of carboxylic acid groups (broad SMARTS) is 1. The second-order valence-corrected chi connectivity index (χ2v) is 5.20. The van der Waals surface area contributed by atoms with E-state index in [1.165, 1.54) is 25.9 Å². The van der Waals surface area contributed by atoms with Crippen LogP contribution in [0.5, 0.6) is 0 Å². The molecule has 2 aromatic rings. The summed E-state index contributed by atoms with van der Waals surface area (Å²) >= 11 is 0. The minimum Gasteiger partial charge on any atom is -0.479 e. The monoisotopic (exact) mass is 299 g/mol. The third kappa shape index (κ3) is 3.72. The first-order valence-corrected chi connectivity index (χ1v) is 7.43. The lowest BCUT2D eigenvalue weighted by atomic mass is 9.86. The molecule has 0 aromatic heterocycles. The molecule has 0 saturated carbocycles. The summed E-state index contributed by atoms with van der Waals surface area (Å²) in [7, 11) is 0. The smallest absolute Gasteiger partial charge is 0.345 e. The number of rotatable bonds is 3. The van der Waals surface area contributed by atoms with Gasteiger partial charge >= 0.3 is 5.97 Å². The molecule has 1 aliphatic heterocycles. The molecule has 0 unspecified atom stereocenters. The Morgan fingerprint density at radius 1 is 0.864 bits per heavy atom. The zero-order valence-electron chi connectivity index (χ0n) is 12.4. The van der Waals surface area contributed by atoms with Crippen LogP contribution in [0.4, 0.5) is 0 Å². The van der Waals surface area contributed by atoms with Crippen LogP contribution in [0, 0.1) is 0 Å². The molecule has 22 heavy (non-hydrogen) atoms. The van der Waals surface area contributed by atoms with Gasteiger partial charge in [-0.3, -0.25) is 0 Å². The van der Waals surface area contributed by atoms with E-state index in [9.17, 15) is 15.0 Å². The Morgan fingerprint density at radius 2 is 1.27 bits per heavy atom. The Bertz CT molecular complexity index is 533. The zero-order chi connectivity index (χ0) is 15.8. The van der Waals surface area contributed by atoms with Gasteiger partial charge in [0.1, 0.15) is 0 Å². The zero-order valence-corrected chi connectivity index (χ0v) is 12.4. The fraction of sp³-hybridized carbons (Fsp3) is 0.278. The van der Waals surface area contributed by atoms with Gasteiger partial charge in [0.15, 0.2) is 0 Å². The molecule has 0 radical (unpaired) electrons. The molecule has 1 heterocycles. The standard InChI is InChI=1S/C14H12O3.C4H9N/c15-13(16)14(17,11-7-3-1-4-8-11)12-9-5-2-6-10-12;1-2-4-5-3-1/h1-10,17H,(H,15,16);5H,1-4H2. The van der Waals surface area contributed by atoms with Crippen molar-refractivity contribution in [3.8, 4) is 0 Å². The Balaban J connectivity index is 0.000000299. The number of carbonyl (C=O) groups is 1. The highest BCUT2D eigenvalue weighted by atomic mass is 16.4. The topological polar surface area (TPSA) is 69.6 Å². The van der Waals surface area contributed by atoms with Crippen LogP contribution in [-0.4, -0.2) is 29.3 Å². The Hall–Kier alpha value is -2.17. The number of hydrogen-bond donors (Lipinski definition) is 3. The summed E-state index contributed by atoms with van der Waals surface area (Å²) in [6.45, 7) is 2.50. The minimum atomic E-state index is -2.00. The summed E-state index contributed by atoms with van der Waals surface area (Å²) in [5.74, 6) is -1.28. The van der Waals surface area contributed by atoms with Crippen LogP contribution >= 0.6 is 0 Å². The molecule has 1 saturated heterocycles.